The van der Waals surface area contributed by atoms with E-state index in [0.29, 0.717) is 12.6 Å². The highest BCUT2D eigenvalue weighted by atomic mass is 16.5. The normalized spacial score (nSPS) is 15.0. The number of hydrogen-bond donors (Lipinski definition) is 2. The minimum atomic E-state index is 0.226. The summed E-state index contributed by atoms with van der Waals surface area (Å²) < 4.78 is 5.13. The number of rotatable bonds is 11. The van der Waals surface area contributed by atoms with E-state index in [9.17, 15) is 0 Å². The summed E-state index contributed by atoms with van der Waals surface area (Å²) in [7, 11) is 1.71. The summed E-state index contributed by atoms with van der Waals surface area (Å²) in [6.07, 6.45) is 7.24. The van der Waals surface area contributed by atoms with Crippen LogP contribution >= 0.6 is 0 Å². The van der Waals surface area contributed by atoms with Gasteiger partial charge in [-0.15, -0.1) is 0 Å². The van der Waals surface area contributed by atoms with Crippen molar-refractivity contribution in [1.82, 2.24) is 5.32 Å². The van der Waals surface area contributed by atoms with Gasteiger partial charge in [-0.3, -0.25) is 0 Å². The van der Waals surface area contributed by atoms with E-state index in [4.69, 9.17) is 9.84 Å². The van der Waals surface area contributed by atoms with Crippen LogP contribution in [0.5, 0.6) is 0 Å². The van der Waals surface area contributed by atoms with Crippen molar-refractivity contribution in [3.63, 3.8) is 0 Å². The van der Waals surface area contributed by atoms with Gasteiger partial charge in [0.1, 0.15) is 0 Å². The standard InChI is InChI=1S/C13H29NO2/c1-4-5-6-7-8-12(2)14-13(9-10-15)11-16-3/h12-15H,4-11H2,1-3H3. The molecule has 3 heteroatoms. The fourth-order valence-corrected chi connectivity index (χ4v) is 1.93. The third-order valence-corrected chi connectivity index (χ3v) is 2.86. The lowest BCUT2D eigenvalue weighted by Gasteiger charge is -2.22. The topological polar surface area (TPSA) is 41.5 Å². The summed E-state index contributed by atoms with van der Waals surface area (Å²) in [6, 6.07) is 0.805. The Labute approximate surface area is 101 Å². The highest BCUT2D eigenvalue weighted by Gasteiger charge is 2.10. The predicted octanol–water partition coefficient (Wildman–Crippen LogP) is 2.33. The largest absolute Gasteiger partial charge is 0.396 e. The van der Waals surface area contributed by atoms with E-state index in [1.807, 2.05) is 0 Å². The molecular formula is C13H29NO2. The SMILES string of the molecule is CCCCCCC(C)NC(CCO)COC. The van der Waals surface area contributed by atoms with Gasteiger partial charge in [0, 0.05) is 25.8 Å². The second-order valence-electron chi connectivity index (χ2n) is 4.58. The minimum Gasteiger partial charge on any atom is -0.396 e. The van der Waals surface area contributed by atoms with Crippen molar-refractivity contribution < 1.29 is 9.84 Å². The zero-order valence-corrected chi connectivity index (χ0v) is 11.2. The van der Waals surface area contributed by atoms with E-state index >= 15 is 0 Å². The van der Waals surface area contributed by atoms with Crippen LogP contribution in [-0.4, -0.2) is 37.5 Å². The van der Waals surface area contributed by atoms with Crippen LogP contribution in [0.3, 0.4) is 0 Å². The molecule has 0 saturated carbocycles. The maximum absolute atomic E-state index is 8.93. The van der Waals surface area contributed by atoms with Gasteiger partial charge < -0.3 is 15.2 Å². The molecule has 0 bridgehead atoms. The van der Waals surface area contributed by atoms with E-state index in [2.05, 4.69) is 19.2 Å². The molecule has 0 amide bonds. The summed E-state index contributed by atoms with van der Waals surface area (Å²) >= 11 is 0. The number of methoxy groups -OCH3 is 1. The Hall–Kier alpha value is -0.120. The molecule has 0 aliphatic carbocycles. The predicted molar refractivity (Wildman–Crippen MR) is 68.7 cm³/mol. The van der Waals surface area contributed by atoms with E-state index in [0.717, 1.165) is 6.42 Å². The molecule has 2 atom stereocenters. The molecule has 0 aliphatic rings. The number of ether oxygens (including phenoxy) is 1. The molecule has 98 valence electrons. The zero-order chi connectivity index (χ0) is 12.2. The average Bonchev–Trinajstić information content (AvgIpc) is 2.25. The number of hydrogen-bond acceptors (Lipinski definition) is 3. The molecule has 2 N–H and O–H groups in total. The first kappa shape index (κ1) is 15.9. The lowest BCUT2D eigenvalue weighted by atomic mass is 10.1. The van der Waals surface area contributed by atoms with Gasteiger partial charge in [0.2, 0.25) is 0 Å². The second kappa shape index (κ2) is 11.4. The molecule has 0 spiro atoms. The number of aliphatic hydroxyl groups is 1. The van der Waals surface area contributed by atoms with Gasteiger partial charge in [-0.1, -0.05) is 32.6 Å². The summed E-state index contributed by atoms with van der Waals surface area (Å²) in [5.74, 6) is 0. The van der Waals surface area contributed by atoms with Gasteiger partial charge in [0.05, 0.1) is 6.61 Å². The van der Waals surface area contributed by atoms with Crippen LogP contribution in [0.25, 0.3) is 0 Å². The second-order valence-corrected chi connectivity index (χ2v) is 4.58. The number of aliphatic hydroxyl groups excluding tert-OH is 1. The summed E-state index contributed by atoms with van der Waals surface area (Å²) in [4.78, 5) is 0. The molecule has 0 aliphatic heterocycles. The fourth-order valence-electron chi connectivity index (χ4n) is 1.93. The van der Waals surface area contributed by atoms with Crippen LogP contribution in [0, 0.1) is 0 Å². The van der Waals surface area contributed by atoms with E-state index < -0.39 is 0 Å². The Morgan fingerprint density at radius 1 is 1.19 bits per heavy atom. The van der Waals surface area contributed by atoms with Crippen molar-refractivity contribution in [2.75, 3.05) is 20.3 Å². The molecule has 0 saturated heterocycles. The molecule has 0 rings (SSSR count). The summed E-state index contributed by atoms with van der Waals surface area (Å²) in [6.45, 7) is 5.35. The lowest BCUT2D eigenvalue weighted by Crippen LogP contribution is -2.40. The monoisotopic (exact) mass is 231 g/mol. The van der Waals surface area contributed by atoms with Crippen LogP contribution in [0.4, 0.5) is 0 Å². The smallest absolute Gasteiger partial charge is 0.0616 e. The number of unbranched alkanes of at least 4 members (excludes halogenated alkanes) is 3. The van der Waals surface area contributed by atoms with Crippen molar-refractivity contribution >= 4 is 0 Å². The highest BCUT2D eigenvalue weighted by molar-refractivity contribution is 4.71. The van der Waals surface area contributed by atoms with E-state index in [1.54, 1.807) is 7.11 Å². The fraction of sp³-hybridized carbons (Fsp3) is 1.00. The van der Waals surface area contributed by atoms with Crippen LogP contribution in [0.1, 0.15) is 52.4 Å². The molecule has 0 heterocycles. The van der Waals surface area contributed by atoms with Crippen LogP contribution in [0.2, 0.25) is 0 Å². The summed E-state index contributed by atoms with van der Waals surface area (Å²) in [5.41, 5.74) is 0. The molecule has 0 radical (unpaired) electrons. The van der Waals surface area contributed by atoms with Crippen molar-refractivity contribution in [3.8, 4) is 0 Å². The van der Waals surface area contributed by atoms with Crippen LogP contribution < -0.4 is 5.32 Å². The van der Waals surface area contributed by atoms with Crippen molar-refractivity contribution in [2.45, 2.75) is 64.5 Å². The van der Waals surface area contributed by atoms with Crippen molar-refractivity contribution in [2.24, 2.45) is 0 Å². The Kier molecular flexibility index (Phi) is 11.3. The van der Waals surface area contributed by atoms with E-state index in [1.165, 1.54) is 32.1 Å². The Bertz CT molecular complexity index is 136. The quantitative estimate of drug-likeness (QED) is 0.536. The Morgan fingerprint density at radius 2 is 1.94 bits per heavy atom. The Morgan fingerprint density at radius 3 is 2.50 bits per heavy atom. The minimum absolute atomic E-state index is 0.226. The first-order valence-corrected chi connectivity index (χ1v) is 6.60. The zero-order valence-electron chi connectivity index (χ0n) is 11.2. The van der Waals surface area contributed by atoms with Crippen LogP contribution in [-0.2, 0) is 4.74 Å². The molecule has 0 fully saturated rings. The molecule has 3 nitrogen and oxygen atoms in total. The maximum atomic E-state index is 8.93. The number of nitrogens with one attached hydrogen (secondary N) is 1. The van der Waals surface area contributed by atoms with Crippen molar-refractivity contribution in [3.05, 3.63) is 0 Å². The van der Waals surface area contributed by atoms with Gasteiger partial charge in [-0.2, -0.15) is 0 Å². The average molecular weight is 231 g/mol. The van der Waals surface area contributed by atoms with Gasteiger partial charge in [-0.05, 0) is 19.8 Å². The molecule has 0 aromatic carbocycles. The maximum Gasteiger partial charge on any atom is 0.0616 e. The van der Waals surface area contributed by atoms with Gasteiger partial charge in [0.25, 0.3) is 0 Å². The van der Waals surface area contributed by atoms with Gasteiger partial charge in [0.15, 0.2) is 0 Å². The first-order chi connectivity index (χ1) is 7.74. The van der Waals surface area contributed by atoms with Crippen molar-refractivity contribution in [1.29, 1.82) is 0 Å². The van der Waals surface area contributed by atoms with Crippen LogP contribution in [0.15, 0.2) is 0 Å². The van der Waals surface area contributed by atoms with Gasteiger partial charge in [-0.25, -0.2) is 0 Å². The molecule has 2 unspecified atom stereocenters. The first-order valence-electron chi connectivity index (χ1n) is 6.60. The molecule has 0 aromatic heterocycles. The third kappa shape index (κ3) is 9.13. The molecule has 0 aromatic rings. The van der Waals surface area contributed by atoms with Gasteiger partial charge >= 0.3 is 0 Å². The van der Waals surface area contributed by atoms with E-state index in [-0.39, 0.29) is 12.6 Å². The lowest BCUT2D eigenvalue weighted by molar-refractivity contribution is 0.142. The third-order valence-electron chi connectivity index (χ3n) is 2.86. The highest BCUT2D eigenvalue weighted by Crippen LogP contribution is 2.06. The molecule has 16 heavy (non-hydrogen) atoms. The Balaban J connectivity index is 3.59. The summed E-state index contributed by atoms with van der Waals surface area (Å²) in [5, 5.41) is 12.4. The molecular weight excluding hydrogens is 202 g/mol.